The van der Waals surface area contributed by atoms with E-state index in [9.17, 15) is 0 Å². The zero-order valence-electron chi connectivity index (χ0n) is 24.5. The number of furan rings is 1. The van der Waals surface area contributed by atoms with E-state index < -0.39 is 0 Å². The predicted octanol–water partition coefficient (Wildman–Crippen LogP) is 12.3. The van der Waals surface area contributed by atoms with Crippen LogP contribution in [0.15, 0.2) is 174 Å². The number of benzene rings is 8. The summed E-state index contributed by atoms with van der Waals surface area (Å²) in [6, 6.07) is 60.0. The third-order valence-electron chi connectivity index (χ3n) is 8.73. The number of hydrogen-bond donors (Lipinski definition) is 0. The van der Waals surface area contributed by atoms with Crippen LogP contribution in [0, 0.1) is 0 Å². The number of rotatable bonds is 6. The summed E-state index contributed by atoms with van der Waals surface area (Å²) in [4.78, 5) is 4.61. The normalized spacial score (nSPS) is 11.6. The Morgan fingerprint density at radius 3 is 0.933 bits per heavy atom. The maximum absolute atomic E-state index is 6.86. The summed E-state index contributed by atoms with van der Waals surface area (Å²) in [5.74, 6) is 0. The van der Waals surface area contributed by atoms with Crippen molar-refractivity contribution < 1.29 is 4.42 Å². The average Bonchev–Trinajstić information content (AvgIpc) is 3.48. The van der Waals surface area contributed by atoms with E-state index in [0.29, 0.717) is 0 Å². The van der Waals surface area contributed by atoms with Gasteiger partial charge < -0.3 is 14.2 Å². The third kappa shape index (κ3) is 4.13. The average molecular weight is 577 g/mol. The molecule has 8 aromatic carbocycles. The van der Waals surface area contributed by atoms with Gasteiger partial charge in [0.15, 0.2) is 0 Å². The van der Waals surface area contributed by atoms with Gasteiger partial charge in [0.2, 0.25) is 0 Å². The quantitative estimate of drug-likeness (QED) is 0.184. The Bertz CT molecular complexity index is 2170. The lowest BCUT2D eigenvalue weighted by Crippen LogP contribution is -2.09. The fraction of sp³-hybridized carbons (Fsp3) is 0. The van der Waals surface area contributed by atoms with Crippen molar-refractivity contribution in [2.75, 3.05) is 9.80 Å². The molecule has 9 aromatic rings. The molecule has 0 N–H and O–H groups in total. The van der Waals surface area contributed by atoms with Crippen molar-refractivity contribution in [1.82, 2.24) is 0 Å². The van der Waals surface area contributed by atoms with Crippen molar-refractivity contribution in [2.24, 2.45) is 0 Å². The van der Waals surface area contributed by atoms with Crippen LogP contribution in [0.4, 0.5) is 34.1 Å². The molecule has 212 valence electrons. The molecule has 0 amide bonds. The summed E-state index contributed by atoms with van der Waals surface area (Å²) in [6.45, 7) is 0. The van der Waals surface area contributed by atoms with Gasteiger partial charge in [0.25, 0.3) is 0 Å². The number of hydrogen-bond acceptors (Lipinski definition) is 3. The molecule has 3 nitrogen and oxygen atoms in total. The van der Waals surface area contributed by atoms with Gasteiger partial charge in [-0.15, -0.1) is 0 Å². The molecule has 1 aromatic heterocycles. The molecule has 0 aliphatic rings. The SMILES string of the molecule is c1ccc(N(c2ccccc2)c2cc3oc4cc(N(c5ccccc5)c5ccccc5)cc5c6ccccc6c(c2)c3c45)cc1. The van der Waals surface area contributed by atoms with Crippen molar-refractivity contribution in [3.05, 3.63) is 170 Å². The topological polar surface area (TPSA) is 19.6 Å². The first kappa shape index (κ1) is 25.4. The van der Waals surface area contributed by atoms with Crippen molar-refractivity contribution in [3.8, 4) is 0 Å². The maximum Gasteiger partial charge on any atom is 0.138 e. The van der Waals surface area contributed by atoms with Gasteiger partial charge in [-0.25, -0.2) is 0 Å². The molecular weight excluding hydrogens is 548 g/mol. The van der Waals surface area contributed by atoms with Crippen molar-refractivity contribution in [2.45, 2.75) is 0 Å². The zero-order valence-corrected chi connectivity index (χ0v) is 24.5. The Morgan fingerprint density at radius 2 is 0.600 bits per heavy atom. The second-order valence-electron chi connectivity index (χ2n) is 11.4. The van der Waals surface area contributed by atoms with Crippen molar-refractivity contribution >= 4 is 77.6 Å². The number of anilines is 6. The van der Waals surface area contributed by atoms with E-state index in [2.05, 4.69) is 180 Å². The van der Waals surface area contributed by atoms with Crippen molar-refractivity contribution in [1.29, 1.82) is 0 Å². The van der Waals surface area contributed by atoms with E-state index in [4.69, 9.17) is 4.42 Å². The highest BCUT2D eigenvalue weighted by Gasteiger charge is 2.23. The van der Waals surface area contributed by atoms with Crippen LogP contribution in [0.25, 0.3) is 43.5 Å². The Kier molecular flexibility index (Phi) is 5.82. The van der Waals surface area contributed by atoms with Crippen LogP contribution in [0.2, 0.25) is 0 Å². The second kappa shape index (κ2) is 10.3. The zero-order chi connectivity index (χ0) is 29.7. The molecule has 0 aliphatic heterocycles. The van der Waals surface area contributed by atoms with Gasteiger partial charge in [-0.05, 0) is 82.2 Å². The summed E-state index contributed by atoms with van der Waals surface area (Å²) in [5, 5.41) is 7.14. The van der Waals surface area contributed by atoms with Crippen LogP contribution in [0.1, 0.15) is 0 Å². The standard InChI is InChI=1S/C42H28N2O/c1-5-15-29(16-6-1)43(30-17-7-2-8-18-30)33-25-37-35-23-13-14-24-36(35)38-26-34(28-40-42(38)41(37)39(27-33)45-40)44(31-19-9-3-10-20-31)32-21-11-4-12-22-32/h1-28H. The highest BCUT2D eigenvalue weighted by atomic mass is 16.3. The smallest absolute Gasteiger partial charge is 0.138 e. The molecule has 9 rings (SSSR count). The Balaban J connectivity index is 1.35. The van der Waals surface area contributed by atoms with E-state index >= 15 is 0 Å². The summed E-state index contributed by atoms with van der Waals surface area (Å²) in [5.41, 5.74) is 8.27. The molecule has 0 aliphatic carbocycles. The lowest BCUT2D eigenvalue weighted by Gasteiger charge is -2.26. The number of nitrogens with zero attached hydrogens (tertiary/aromatic N) is 2. The predicted molar refractivity (Wildman–Crippen MR) is 189 cm³/mol. The molecule has 45 heavy (non-hydrogen) atoms. The largest absolute Gasteiger partial charge is 0.456 e. The minimum Gasteiger partial charge on any atom is -0.456 e. The first-order chi connectivity index (χ1) is 22.3. The van der Waals surface area contributed by atoms with Crippen LogP contribution in [0.3, 0.4) is 0 Å². The molecule has 0 bridgehead atoms. The van der Waals surface area contributed by atoms with Crippen LogP contribution in [-0.2, 0) is 0 Å². The molecule has 0 unspecified atom stereocenters. The molecule has 1 heterocycles. The van der Waals surface area contributed by atoms with Gasteiger partial charge in [0.1, 0.15) is 11.2 Å². The second-order valence-corrected chi connectivity index (χ2v) is 11.4. The molecule has 0 radical (unpaired) electrons. The maximum atomic E-state index is 6.86. The summed E-state index contributed by atoms with van der Waals surface area (Å²) in [7, 11) is 0. The minimum atomic E-state index is 0.883. The third-order valence-corrected chi connectivity index (χ3v) is 8.73. The summed E-state index contributed by atoms with van der Waals surface area (Å²) in [6.07, 6.45) is 0. The van der Waals surface area contributed by atoms with E-state index in [1.807, 2.05) is 0 Å². The molecule has 0 saturated heterocycles. The first-order valence-corrected chi connectivity index (χ1v) is 15.3. The molecule has 0 spiro atoms. The van der Waals surface area contributed by atoms with Gasteiger partial charge in [-0.1, -0.05) is 97.1 Å². The van der Waals surface area contributed by atoms with Gasteiger partial charge in [0.05, 0.1) is 11.4 Å². The molecule has 0 saturated carbocycles. The Hall–Kier alpha value is -6.06. The van der Waals surface area contributed by atoms with Gasteiger partial charge >= 0.3 is 0 Å². The van der Waals surface area contributed by atoms with Gasteiger partial charge in [-0.3, -0.25) is 0 Å². The van der Waals surface area contributed by atoms with Crippen LogP contribution in [0.5, 0.6) is 0 Å². The molecular formula is C42H28N2O. The van der Waals surface area contributed by atoms with Gasteiger partial charge in [0, 0.05) is 45.7 Å². The number of para-hydroxylation sites is 4. The Morgan fingerprint density at radius 1 is 0.289 bits per heavy atom. The van der Waals surface area contributed by atoms with Gasteiger partial charge in [-0.2, -0.15) is 0 Å². The van der Waals surface area contributed by atoms with E-state index in [0.717, 1.165) is 45.3 Å². The minimum absolute atomic E-state index is 0.883. The lowest BCUT2D eigenvalue weighted by molar-refractivity contribution is 0.669. The fourth-order valence-corrected chi connectivity index (χ4v) is 6.84. The van der Waals surface area contributed by atoms with Crippen LogP contribution in [-0.4, -0.2) is 0 Å². The Labute approximate surface area is 261 Å². The van der Waals surface area contributed by atoms with Crippen LogP contribution < -0.4 is 9.80 Å². The van der Waals surface area contributed by atoms with E-state index in [-0.39, 0.29) is 0 Å². The monoisotopic (exact) mass is 576 g/mol. The fourth-order valence-electron chi connectivity index (χ4n) is 6.84. The highest BCUT2D eigenvalue weighted by Crippen LogP contribution is 2.48. The first-order valence-electron chi connectivity index (χ1n) is 15.3. The molecule has 3 heteroatoms. The highest BCUT2D eigenvalue weighted by molar-refractivity contribution is 6.34. The lowest BCUT2D eigenvalue weighted by atomic mass is 9.93. The summed E-state index contributed by atoms with van der Waals surface area (Å²) >= 11 is 0. The van der Waals surface area contributed by atoms with E-state index in [1.165, 1.54) is 32.3 Å². The molecule has 0 fully saturated rings. The summed E-state index contributed by atoms with van der Waals surface area (Å²) < 4.78 is 6.86. The van der Waals surface area contributed by atoms with Crippen LogP contribution >= 0.6 is 0 Å². The van der Waals surface area contributed by atoms with Crippen molar-refractivity contribution in [3.63, 3.8) is 0 Å². The molecule has 0 atom stereocenters. The number of fused-ring (bicyclic) bond motifs is 3. The van der Waals surface area contributed by atoms with E-state index in [1.54, 1.807) is 0 Å².